The van der Waals surface area contributed by atoms with Crippen LogP contribution in [0.5, 0.6) is 0 Å². The van der Waals surface area contributed by atoms with E-state index in [0.29, 0.717) is 19.3 Å². The zero-order valence-electron chi connectivity index (χ0n) is 7.79. The number of hydrogen-bond acceptors (Lipinski definition) is 3. The summed E-state index contributed by atoms with van der Waals surface area (Å²) in [7, 11) is 0. The van der Waals surface area contributed by atoms with Gasteiger partial charge in [-0.3, -0.25) is 4.79 Å². The van der Waals surface area contributed by atoms with Gasteiger partial charge in [-0.05, 0) is 19.3 Å². The highest BCUT2D eigenvalue weighted by Gasteiger charge is 2.37. The van der Waals surface area contributed by atoms with Crippen LogP contribution >= 0.6 is 34.8 Å². The van der Waals surface area contributed by atoms with Crippen LogP contribution in [0.15, 0.2) is 0 Å². The van der Waals surface area contributed by atoms with E-state index in [-0.39, 0.29) is 0 Å². The number of aliphatic hydroxyl groups is 2. The molecule has 0 saturated heterocycles. The topological polar surface area (TPSA) is 69.6 Å². The number of aliphatic hydroxyl groups excluding tert-OH is 2. The molecular formula is C8H12Cl3NO3. The lowest BCUT2D eigenvalue weighted by molar-refractivity contribution is -0.123. The Morgan fingerprint density at radius 3 is 2.40 bits per heavy atom. The second-order valence-corrected chi connectivity index (χ2v) is 5.85. The molecule has 88 valence electrons. The number of rotatable bonds is 1. The summed E-state index contributed by atoms with van der Waals surface area (Å²) >= 11 is 16.1. The van der Waals surface area contributed by atoms with Gasteiger partial charge >= 0.3 is 0 Å². The molecule has 0 radical (unpaired) electrons. The highest BCUT2D eigenvalue weighted by atomic mass is 35.6. The molecule has 4 nitrogen and oxygen atoms in total. The van der Waals surface area contributed by atoms with E-state index < -0.39 is 27.9 Å². The van der Waals surface area contributed by atoms with Crippen LogP contribution in [-0.4, -0.2) is 38.2 Å². The predicted octanol–water partition coefficient (Wildman–Crippen LogP) is 0.747. The Balaban J connectivity index is 2.54. The van der Waals surface area contributed by atoms with Crippen LogP contribution < -0.4 is 5.32 Å². The van der Waals surface area contributed by atoms with Gasteiger partial charge in [0.05, 0.1) is 18.2 Å². The minimum absolute atomic E-state index is 0.515. The van der Waals surface area contributed by atoms with Gasteiger partial charge in [0.25, 0.3) is 9.70 Å². The number of carbonyl (C=O) groups excluding carboxylic acids is 1. The van der Waals surface area contributed by atoms with Crippen LogP contribution in [0.3, 0.4) is 0 Å². The van der Waals surface area contributed by atoms with Crippen LogP contribution in [0, 0.1) is 0 Å². The fourth-order valence-electron chi connectivity index (χ4n) is 1.56. The quantitative estimate of drug-likeness (QED) is 0.619. The van der Waals surface area contributed by atoms with Crippen LogP contribution in [0.1, 0.15) is 19.3 Å². The van der Waals surface area contributed by atoms with Gasteiger partial charge in [-0.1, -0.05) is 34.8 Å². The van der Waals surface area contributed by atoms with Gasteiger partial charge in [-0.25, -0.2) is 0 Å². The van der Waals surface area contributed by atoms with Crippen molar-refractivity contribution in [3.05, 3.63) is 0 Å². The van der Waals surface area contributed by atoms with Gasteiger partial charge in [0.2, 0.25) is 0 Å². The minimum Gasteiger partial charge on any atom is -0.390 e. The summed E-state index contributed by atoms with van der Waals surface area (Å²) in [4.78, 5) is 11.3. The van der Waals surface area contributed by atoms with Crippen molar-refractivity contribution in [3.8, 4) is 0 Å². The Morgan fingerprint density at radius 2 is 1.87 bits per heavy atom. The largest absolute Gasteiger partial charge is 0.390 e. The van der Waals surface area contributed by atoms with Gasteiger partial charge in [0.1, 0.15) is 0 Å². The van der Waals surface area contributed by atoms with Crippen molar-refractivity contribution >= 4 is 40.7 Å². The molecule has 3 atom stereocenters. The molecule has 0 aromatic heterocycles. The van der Waals surface area contributed by atoms with Crippen molar-refractivity contribution in [3.63, 3.8) is 0 Å². The normalized spacial score (nSPS) is 32.5. The molecule has 0 heterocycles. The monoisotopic (exact) mass is 275 g/mol. The van der Waals surface area contributed by atoms with E-state index in [1.807, 2.05) is 0 Å². The Morgan fingerprint density at radius 1 is 1.27 bits per heavy atom. The summed E-state index contributed by atoms with van der Waals surface area (Å²) in [6, 6.07) is -0.558. The number of nitrogens with one attached hydrogen (secondary N) is 1. The predicted molar refractivity (Wildman–Crippen MR) is 58.1 cm³/mol. The fraction of sp³-hybridized carbons (Fsp3) is 0.875. The van der Waals surface area contributed by atoms with Crippen molar-refractivity contribution in [2.75, 3.05) is 0 Å². The first-order valence-electron chi connectivity index (χ1n) is 4.56. The number of carbonyl (C=O) groups is 1. The molecule has 15 heavy (non-hydrogen) atoms. The number of amides is 1. The first-order valence-corrected chi connectivity index (χ1v) is 5.69. The highest BCUT2D eigenvalue weighted by Crippen LogP contribution is 2.27. The van der Waals surface area contributed by atoms with Crippen molar-refractivity contribution in [1.29, 1.82) is 0 Å². The SMILES string of the molecule is O=C(NC1CCCC(O)C1O)C(Cl)(Cl)Cl. The lowest BCUT2D eigenvalue weighted by atomic mass is 9.90. The lowest BCUT2D eigenvalue weighted by Gasteiger charge is -2.32. The number of halogens is 3. The number of hydrogen-bond donors (Lipinski definition) is 3. The Hall–Kier alpha value is 0.260. The Labute approximate surface area is 102 Å². The third-order valence-corrected chi connectivity index (χ3v) is 2.91. The maximum atomic E-state index is 11.3. The average molecular weight is 277 g/mol. The van der Waals surface area contributed by atoms with Crippen molar-refractivity contribution in [2.45, 2.75) is 41.3 Å². The Kier molecular flexibility index (Phi) is 4.50. The third kappa shape index (κ3) is 3.64. The summed E-state index contributed by atoms with van der Waals surface area (Å²) in [5.74, 6) is -0.786. The zero-order chi connectivity index (χ0) is 11.6. The van der Waals surface area contributed by atoms with Crippen LogP contribution in [0.2, 0.25) is 0 Å². The summed E-state index contributed by atoms with van der Waals surface area (Å²) in [6.45, 7) is 0. The lowest BCUT2D eigenvalue weighted by Crippen LogP contribution is -2.53. The second-order valence-electron chi connectivity index (χ2n) is 3.57. The van der Waals surface area contributed by atoms with Crippen molar-refractivity contribution in [1.82, 2.24) is 5.32 Å². The molecule has 3 unspecified atom stereocenters. The number of alkyl halides is 3. The first kappa shape index (κ1) is 13.3. The van der Waals surface area contributed by atoms with E-state index in [9.17, 15) is 15.0 Å². The smallest absolute Gasteiger partial charge is 0.272 e. The summed E-state index contributed by atoms with van der Waals surface area (Å²) in [5, 5.41) is 21.3. The molecule has 0 bridgehead atoms. The Bertz CT molecular complexity index is 244. The van der Waals surface area contributed by atoms with Gasteiger partial charge in [-0.15, -0.1) is 0 Å². The second kappa shape index (κ2) is 5.06. The molecular weight excluding hydrogens is 264 g/mol. The average Bonchev–Trinajstić information content (AvgIpc) is 2.11. The molecule has 1 amide bonds. The fourth-order valence-corrected chi connectivity index (χ4v) is 1.73. The molecule has 1 rings (SSSR count). The van der Waals surface area contributed by atoms with E-state index >= 15 is 0 Å². The van der Waals surface area contributed by atoms with E-state index in [1.165, 1.54) is 0 Å². The van der Waals surface area contributed by atoms with Crippen molar-refractivity contribution < 1.29 is 15.0 Å². The highest BCUT2D eigenvalue weighted by molar-refractivity contribution is 6.76. The molecule has 7 heteroatoms. The van der Waals surface area contributed by atoms with Gasteiger partial charge in [0, 0.05) is 0 Å². The molecule has 0 aromatic carbocycles. The maximum Gasteiger partial charge on any atom is 0.272 e. The molecule has 1 saturated carbocycles. The molecule has 1 aliphatic carbocycles. The summed E-state index contributed by atoms with van der Waals surface area (Å²) < 4.78 is -2.04. The molecule has 0 spiro atoms. The van der Waals surface area contributed by atoms with E-state index in [2.05, 4.69) is 5.32 Å². The van der Waals surface area contributed by atoms with Crippen molar-refractivity contribution in [2.24, 2.45) is 0 Å². The molecule has 1 aliphatic rings. The van der Waals surface area contributed by atoms with Gasteiger partial charge in [0.15, 0.2) is 0 Å². The third-order valence-electron chi connectivity index (χ3n) is 2.40. The summed E-state index contributed by atoms with van der Waals surface area (Å²) in [6.07, 6.45) is -0.0517. The maximum absolute atomic E-state index is 11.3. The van der Waals surface area contributed by atoms with E-state index in [1.54, 1.807) is 0 Å². The molecule has 3 N–H and O–H groups in total. The minimum atomic E-state index is -2.04. The molecule has 0 aromatic rings. The van der Waals surface area contributed by atoms with Crippen LogP contribution in [0.25, 0.3) is 0 Å². The van der Waals surface area contributed by atoms with Crippen LogP contribution in [-0.2, 0) is 4.79 Å². The standard InChI is InChI=1S/C8H12Cl3NO3/c9-8(10,11)7(15)12-4-2-1-3-5(13)6(4)14/h4-6,13-14H,1-3H2,(H,12,15). The van der Waals surface area contributed by atoms with Crippen LogP contribution in [0.4, 0.5) is 0 Å². The first-order chi connectivity index (χ1) is 6.82. The van der Waals surface area contributed by atoms with E-state index in [0.717, 1.165) is 0 Å². The van der Waals surface area contributed by atoms with Gasteiger partial charge in [-0.2, -0.15) is 0 Å². The molecule has 1 fully saturated rings. The zero-order valence-corrected chi connectivity index (χ0v) is 10.1. The van der Waals surface area contributed by atoms with Gasteiger partial charge < -0.3 is 15.5 Å². The van der Waals surface area contributed by atoms with E-state index in [4.69, 9.17) is 34.8 Å². The summed E-state index contributed by atoms with van der Waals surface area (Å²) in [5.41, 5.74) is 0. The molecule has 0 aliphatic heterocycles.